The molecule has 0 saturated carbocycles. The van der Waals surface area contributed by atoms with Gasteiger partial charge in [0.2, 0.25) is 0 Å². The van der Waals surface area contributed by atoms with E-state index >= 15 is 0 Å². The predicted octanol–water partition coefficient (Wildman–Crippen LogP) is 2.69. The molecule has 0 amide bonds. The Labute approximate surface area is 131 Å². The van der Waals surface area contributed by atoms with Crippen molar-refractivity contribution in [1.29, 1.82) is 0 Å². The molecule has 1 heterocycles. The second-order valence-corrected chi connectivity index (χ2v) is 5.60. The molecule has 4 heteroatoms. The fraction of sp³-hybridized carbons (Fsp3) is 0.389. The van der Waals surface area contributed by atoms with E-state index in [9.17, 15) is 4.79 Å². The van der Waals surface area contributed by atoms with Gasteiger partial charge in [0.15, 0.2) is 5.79 Å². The van der Waals surface area contributed by atoms with Gasteiger partial charge in [0, 0.05) is 5.57 Å². The second-order valence-electron chi connectivity index (χ2n) is 5.60. The number of terminal acetylenes is 1. The van der Waals surface area contributed by atoms with Gasteiger partial charge in [-0.25, -0.2) is 4.79 Å². The molecule has 1 aliphatic heterocycles. The van der Waals surface area contributed by atoms with Crippen LogP contribution >= 0.6 is 0 Å². The molecule has 0 bridgehead atoms. The van der Waals surface area contributed by atoms with Gasteiger partial charge in [-0.05, 0) is 19.4 Å². The lowest BCUT2D eigenvalue weighted by molar-refractivity contribution is -0.146. The zero-order valence-corrected chi connectivity index (χ0v) is 12.9. The van der Waals surface area contributed by atoms with Crippen LogP contribution in [0.2, 0.25) is 0 Å². The first-order valence-corrected chi connectivity index (χ1v) is 7.10. The van der Waals surface area contributed by atoms with E-state index < -0.39 is 23.8 Å². The van der Waals surface area contributed by atoms with Gasteiger partial charge in [-0.3, -0.25) is 0 Å². The smallest absolute Gasteiger partial charge is 0.335 e. The van der Waals surface area contributed by atoms with Crippen molar-refractivity contribution in [3.63, 3.8) is 0 Å². The Morgan fingerprint density at radius 1 is 1.50 bits per heavy atom. The van der Waals surface area contributed by atoms with Crippen LogP contribution in [-0.4, -0.2) is 24.5 Å². The molecular formula is C18H20O4. The molecule has 1 aromatic carbocycles. The van der Waals surface area contributed by atoms with Crippen molar-refractivity contribution in [3.05, 3.63) is 48.0 Å². The molecular weight excluding hydrogens is 280 g/mol. The van der Waals surface area contributed by atoms with Crippen molar-refractivity contribution in [1.82, 2.24) is 0 Å². The maximum Gasteiger partial charge on any atom is 0.335 e. The van der Waals surface area contributed by atoms with E-state index in [0.29, 0.717) is 6.61 Å². The molecule has 116 valence electrons. The molecule has 0 unspecified atom stereocenters. The first kappa shape index (κ1) is 16.3. The standard InChI is InChI=1S/C18H20O4/c1-5-15(16-12-21-18(3,4)22-16)13(2)17(19)20-11-14-9-7-6-8-10-14/h1,6-10,15-16H,2,11-12H2,3-4H3/t15-,16-/m1/s1. The molecule has 0 radical (unpaired) electrons. The molecule has 1 aliphatic rings. The van der Waals surface area contributed by atoms with E-state index in [4.69, 9.17) is 20.6 Å². The van der Waals surface area contributed by atoms with Crippen molar-refractivity contribution in [2.75, 3.05) is 6.61 Å². The summed E-state index contributed by atoms with van der Waals surface area (Å²) in [6.45, 7) is 7.89. The van der Waals surface area contributed by atoms with Crippen LogP contribution in [-0.2, 0) is 25.6 Å². The summed E-state index contributed by atoms with van der Waals surface area (Å²) >= 11 is 0. The van der Waals surface area contributed by atoms with Crippen LogP contribution in [0.5, 0.6) is 0 Å². The van der Waals surface area contributed by atoms with Crippen molar-refractivity contribution in [3.8, 4) is 12.3 Å². The lowest BCUT2D eigenvalue weighted by Crippen LogP contribution is -2.29. The fourth-order valence-corrected chi connectivity index (χ4v) is 2.25. The third-order valence-corrected chi connectivity index (χ3v) is 3.43. The third-order valence-electron chi connectivity index (χ3n) is 3.43. The Morgan fingerprint density at radius 3 is 2.73 bits per heavy atom. The van der Waals surface area contributed by atoms with E-state index in [1.807, 2.05) is 30.3 Å². The summed E-state index contributed by atoms with van der Waals surface area (Å²) in [6.07, 6.45) is 5.14. The molecule has 1 aromatic rings. The molecule has 2 atom stereocenters. The van der Waals surface area contributed by atoms with Crippen molar-refractivity contribution in [2.24, 2.45) is 5.92 Å². The third kappa shape index (κ3) is 3.97. The zero-order valence-electron chi connectivity index (χ0n) is 12.9. The normalized spacial score (nSPS) is 20.9. The monoisotopic (exact) mass is 300 g/mol. The topological polar surface area (TPSA) is 44.8 Å². The highest BCUT2D eigenvalue weighted by molar-refractivity contribution is 5.89. The lowest BCUT2D eigenvalue weighted by atomic mass is 9.95. The van der Waals surface area contributed by atoms with Crippen LogP contribution in [0.3, 0.4) is 0 Å². The van der Waals surface area contributed by atoms with E-state index in [1.165, 1.54) is 0 Å². The number of esters is 1. The summed E-state index contributed by atoms with van der Waals surface area (Å²) in [5, 5.41) is 0. The summed E-state index contributed by atoms with van der Waals surface area (Å²) < 4.78 is 16.4. The molecule has 0 spiro atoms. The Balaban J connectivity index is 1.94. The molecule has 4 nitrogen and oxygen atoms in total. The van der Waals surface area contributed by atoms with Crippen molar-refractivity contribution < 1.29 is 19.0 Å². The van der Waals surface area contributed by atoms with Crippen LogP contribution in [0, 0.1) is 18.3 Å². The molecule has 1 fully saturated rings. The maximum absolute atomic E-state index is 12.1. The average Bonchev–Trinajstić information content (AvgIpc) is 2.86. The lowest BCUT2D eigenvalue weighted by Gasteiger charge is -2.21. The second kappa shape index (κ2) is 6.78. The number of benzene rings is 1. The number of ether oxygens (including phenoxy) is 3. The Hall–Kier alpha value is -2.09. The van der Waals surface area contributed by atoms with E-state index in [0.717, 1.165) is 5.56 Å². The van der Waals surface area contributed by atoms with Gasteiger partial charge in [-0.1, -0.05) is 42.8 Å². The first-order valence-electron chi connectivity index (χ1n) is 7.10. The zero-order chi connectivity index (χ0) is 16.2. The number of hydrogen-bond donors (Lipinski definition) is 0. The molecule has 1 saturated heterocycles. The van der Waals surface area contributed by atoms with E-state index in [1.54, 1.807) is 13.8 Å². The van der Waals surface area contributed by atoms with E-state index in [-0.39, 0.29) is 12.2 Å². The largest absolute Gasteiger partial charge is 0.457 e. The van der Waals surface area contributed by atoms with Crippen LogP contribution in [0.1, 0.15) is 19.4 Å². The summed E-state index contributed by atoms with van der Waals surface area (Å²) in [6, 6.07) is 9.43. The minimum Gasteiger partial charge on any atom is -0.457 e. The van der Waals surface area contributed by atoms with Gasteiger partial charge in [0.1, 0.15) is 12.7 Å². The van der Waals surface area contributed by atoms with Gasteiger partial charge < -0.3 is 14.2 Å². The Bertz CT molecular complexity index is 583. The Morgan fingerprint density at radius 2 is 2.18 bits per heavy atom. The fourth-order valence-electron chi connectivity index (χ4n) is 2.25. The van der Waals surface area contributed by atoms with Gasteiger partial charge >= 0.3 is 5.97 Å². The van der Waals surface area contributed by atoms with Crippen LogP contribution < -0.4 is 0 Å². The quantitative estimate of drug-likeness (QED) is 0.476. The van der Waals surface area contributed by atoms with Gasteiger partial charge in [-0.2, -0.15) is 0 Å². The molecule has 0 aromatic heterocycles. The highest BCUT2D eigenvalue weighted by atomic mass is 16.7. The minimum atomic E-state index is -0.700. The highest BCUT2D eigenvalue weighted by Crippen LogP contribution is 2.29. The van der Waals surface area contributed by atoms with Gasteiger partial charge in [0.25, 0.3) is 0 Å². The van der Waals surface area contributed by atoms with Crippen molar-refractivity contribution in [2.45, 2.75) is 32.3 Å². The molecule has 0 aliphatic carbocycles. The number of carbonyl (C=O) groups is 1. The summed E-state index contributed by atoms with van der Waals surface area (Å²) in [7, 11) is 0. The van der Waals surface area contributed by atoms with Gasteiger partial charge in [-0.15, -0.1) is 6.42 Å². The molecule has 22 heavy (non-hydrogen) atoms. The summed E-state index contributed by atoms with van der Waals surface area (Å²) in [4.78, 5) is 12.1. The summed E-state index contributed by atoms with van der Waals surface area (Å²) in [5.41, 5.74) is 1.12. The minimum absolute atomic E-state index is 0.184. The Kier molecular flexibility index (Phi) is 5.02. The maximum atomic E-state index is 12.1. The van der Waals surface area contributed by atoms with Crippen LogP contribution in [0.15, 0.2) is 42.5 Å². The van der Waals surface area contributed by atoms with Gasteiger partial charge in [0.05, 0.1) is 12.5 Å². The predicted molar refractivity (Wildman–Crippen MR) is 82.6 cm³/mol. The van der Waals surface area contributed by atoms with E-state index in [2.05, 4.69) is 12.5 Å². The average molecular weight is 300 g/mol. The summed E-state index contributed by atoms with van der Waals surface area (Å²) in [5.74, 6) is 0.776. The van der Waals surface area contributed by atoms with Crippen molar-refractivity contribution >= 4 is 5.97 Å². The molecule has 2 rings (SSSR count). The number of rotatable bonds is 5. The number of carbonyl (C=O) groups excluding carboxylic acids is 1. The van der Waals surface area contributed by atoms with Crippen LogP contribution in [0.4, 0.5) is 0 Å². The number of hydrogen-bond acceptors (Lipinski definition) is 4. The molecule has 0 N–H and O–H groups in total. The highest BCUT2D eigenvalue weighted by Gasteiger charge is 2.39. The van der Waals surface area contributed by atoms with Crippen LogP contribution in [0.25, 0.3) is 0 Å². The SMILES string of the molecule is C#C[C@H](C(=C)C(=O)OCc1ccccc1)[C@H]1COC(C)(C)O1. The first-order chi connectivity index (χ1) is 10.4.